The number of hydrogen-bond donors (Lipinski definition) is 0. The van der Waals surface area contributed by atoms with Crippen LogP contribution in [0.5, 0.6) is 0 Å². The van der Waals surface area contributed by atoms with Crippen molar-refractivity contribution >= 4 is 55.2 Å². The van der Waals surface area contributed by atoms with E-state index >= 15 is 0 Å². The first-order valence-corrected chi connectivity index (χ1v) is 9.42. The van der Waals surface area contributed by atoms with Crippen LogP contribution in [0.4, 0.5) is 0 Å². The monoisotopic (exact) mass is 380 g/mol. The fraction of sp³-hybridized carbons (Fsp3) is 0. The van der Waals surface area contributed by atoms with Crippen LogP contribution in [0.3, 0.4) is 0 Å². The summed E-state index contributed by atoms with van der Waals surface area (Å²) in [5.41, 5.74) is 4.31. The topological polar surface area (TPSA) is 38.9 Å². The van der Waals surface area contributed by atoms with Crippen LogP contribution in [-0.4, -0.2) is 9.97 Å². The molecule has 0 spiro atoms. The summed E-state index contributed by atoms with van der Waals surface area (Å²) >= 11 is 6.18. The molecule has 6 aromatic rings. The predicted octanol–water partition coefficient (Wildman–Crippen LogP) is 7.00. The molecule has 0 aliphatic heterocycles. The summed E-state index contributed by atoms with van der Waals surface area (Å²) in [6.45, 7) is 0. The van der Waals surface area contributed by atoms with Crippen LogP contribution in [0.2, 0.25) is 5.28 Å². The van der Waals surface area contributed by atoms with Gasteiger partial charge in [0.2, 0.25) is 5.28 Å². The van der Waals surface area contributed by atoms with Gasteiger partial charge < -0.3 is 4.42 Å². The summed E-state index contributed by atoms with van der Waals surface area (Å²) < 4.78 is 6.19. The maximum atomic E-state index is 6.19. The van der Waals surface area contributed by atoms with E-state index in [1.165, 1.54) is 10.8 Å². The van der Waals surface area contributed by atoms with Crippen molar-refractivity contribution in [1.82, 2.24) is 9.97 Å². The van der Waals surface area contributed by atoms with Gasteiger partial charge in [0.25, 0.3) is 0 Å². The Morgan fingerprint density at radius 2 is 1.50 bits per heavy atom. The van der Waals surface area contributed by atoms with Gasteiger partial charge in [-0.05, 0) is 46.6 Å². The van der Waals surface area contributed by atoms with Gasteiger partial charge in [-0.3, -0.25) is 0 Å². The van der Waals surface area contributed by atoms with E-state index in [1.807, 2.05) is 36.4 Å². The summed E-state index contributed by atoms with van der Waals surface area (Å²) in [5, 5.41) is 5.85. The van der Waals surface area contributed by atoms with Crippen molar-refractivity contribution in [2.24, 2.45) is 0 Å². The molecular formula is C24H13ClN2O. The highest BCUT2D eigenvalue weighted by molar-refractivity contribution is 6.29. The molecule has 0 unspecified atom stereocenters. The third kappa shape index (κ3) is 2.23. The molecule has 28 heavy (non-hydrogen) atoms. The summed E-state index contributed by atoms with van der Waals surface area (Å²) in [7, 11) is 0. The summed E-state index contributed by atoms with van der Waals surface area (Å²) in [6.07, 6.45) is 0. The number of hydrogen-bond acceptors (Lipinski definition) is 3. The molecule has 132 valence electrons. The maximum absolute atomic E-state index is 6.19. The molecule has 0 bridgehead atoms. The first-order valence-electron chi connectivity index (χ1n) is 9.05. The zero-order chi connectivity index (χ0) is 18.7. The lowest BCUT2D eigenvalue weighted by Gasteiger charge is -2.06. The van der Waals surface area contributed by atoms with E-state index in [4.69, 9.17) is 16.0 Å². The van der Waals surface area contributed by atoms with Crippen LogP contribution in [-0.2, 0) is 0 Å². The van der Waals surface area contributed by atoms with Gasteiger partial charge in [-0.2, -0.15) is 0 Å². The zero-order valence-electron chi connectivity index (χ0n) is 14.7. The minimum Gasteiger partial charge on any atom is -0.456 e. The number of rotatable bonds is 1. The number of fused-ring (bicyclic) bond motifs is 6. The van der Waals surface area contributed by atoms with E-state index in [9.17, 15) is 0 Å². The molecule has 3 nitrogen and oxygen atoms in total. The van der Waals surface area contributed by atoms with Crippen molar-refractivity contribution < 1.29 is 4.42 Å². The Morgan fingerprint density at radius 1 is 0.679 bits per heavy atom. The Labute approximate surface area is 165 Å². The highest BCUT2D eigenvalue weighted by atomic mass is 35.5. The standard InChI is InChI=1S/C24H13ClN2O/c25-24-26-19-8-4-3-7-17(19)23(27-24)15-9-11-18-21(13-15)28-20-12-10-14-5-1-2-6-16(14)22(18)20/h1-13H. The van der Waals surface area contributed by atoms with Gasteiger partial charge in [0.1, 0.15) is 11.2 Å². The highest BCUT2D eigenvalue weighted by Gasteiger charge is 2.14. The third-order valence-electron chi connectivity index (χ3n) is 5.21. The molecule has 0 fully saturated rings. The van der Waals surface area contributed by atoms with Crippen LogP contribution in [0.1, 0.15) is 0 Å². The molecule has 0 radical (unpaired) electrons. The Morgan fingerprint density at radius 3 is 2.43 bits per heavy atom. The van der Waals surface area contributed by atoms with Crippen molar-refractivity contribution in [3.05, 3.63) is 84.1 Å². The lowest BCUT2D eigenvalue weighted by molar-refractivity contribution is 0.669. The molecule has 2 heterocycles. The normalized spacial score (nSPS) is 11.8. The van der Waals surface area contributed by atoms with Crippen molar-refractivity contribution in [1.29, 1.82) is 0 Å². The average molecular weight is 381 g/mol. The van der Waals surface area contributed by atoms with E-state index < -0.39 is 0 Å². The average Bonchev–Trinajstić information content (AvgIpc) is 3.11. The van der Waals surface area contributed by atoms with Gasteiger partial charge in [0, 0.05) is 21.7 Å². The van der Waals surface area contributed by atoms with E-state index in [1.54, 1.807) is 0 Å². The molecule has 4 aromatic carbocycles. The fourth-order valence-corrected chi connectivity index (χ4v) is 4.14. The molecule has 4 heteroatoms. The molecule has 2 aromatic heterocycles. The van der Waals surface area contributed by atoms with Crippen LogP contribution in [0.15, 0.2) is 83.3 Å². The SMILES string of the molecule is Clc1nc(-c2ccc3c(c2)oc2ccc4ccccc4c23)c2ccccc2n1. The number of halogens is 1. The summed E-state index contributed by atoms with van der Waals surface area (Å²) in [4.78, 5) is 8.82. The number of aromatic nitrogens is 2. The van der Waals surface area contributed by atoms with Crippen molar-refractivity contribution in [3.8, 4) is 11.3 Å². The minimum atomic E-state index is 0.240. The molecule has 0 N–H and O–H groups in total. The second-order valence-corrected chi connectivity index (χ2v) is 7.17. The number of benzene rings is 4. The molecule has 0 saturated carbocycles. The maximum Gasteiger partial charge on any atom is 0.223 e. The fourth-order valence-electron chi connectivity index (χ4n) is 3.96. The summed E-state index contributed by atoms with van der Waals surface area (Å²) in [6, 6.07) is 26.6. The molecule has 0 aliphatic carbocycles. The van der Waals surface area contributed by atoms with Gasteiger partial charge in [0.05, 0.1) is 11.2 Å². The Kier molecular flexibility index (Phi) is 3.22. The molecule has 0 saturated heterocycles. The van der Waals surface area contributed by atoms with Crippen LogP contribution < -0.4 is 0 Å². The van der Waals surface area contributed by atoms with Gasteiger partial charge in [-0.25, -0.2) is 9.97 Å². The Hall–Kier alpha value is -3.43. The smallest absolute Gasteiger partial charge is 0.223 e. The van der Waals surface area contributed by atoms with Crippen molar-refractivity contribution in [2.75, 3.05) is 0 Å². The second-order valence-electron chi connectivity index (χ2n) is 6.83. The third-order valence-corrected chi connectivity index (χ3v) is 5.38. The van der Waals surface area contributed by atoms with Gasteiger partial charge in [-0.1, -0.05) is 54.6 Å². The van der Waals surface area contributed by atoms with Gasteiger partial charge >= 0.3 is 0 Å². The first-order chi connectivity index (χ1) is 13.8. The molecule has 0 aliphatic rings. The van der Waals surface area contributed by atoms with E-state index in [0.29, 0.717) is 0 Å². The number of furan rings is 1. The van der Waals surface area contributed by atoms with Gasteiger partial charge in [-0.15, -0.1) is 0 Å². The quantitative estimate of drug-likeness (QED) is 0.288. The summed E-state index contributed by atoms with van der Waals surface area (Å²) in [5.74, 6) is 0. The Balaban J connectivity index is 1.67. The minimum absolute atomic E-state index is 0.240. The van der Waals surface area contributed by atoms with E-state index in [0.717, 1.165) is 44.1 Å². The lowest BCUT2D eigenvalue weighted by atomic mass is 10.0. The number of nitrogens with zero attached hydrogens (tertiary/aromatic N) is 2. The van der Waals surface area contributed by atoms with Crippen molar-refractivity contribution in [3.63, 3.8) is 0 Å². The highest BCUT2D eigenvalue weighted by Crippen LogP contribution is 2.37. The van der Waals surface area contributed by atoms with Crippen LogP contribution >= 0.6 is 11.6 Å². The Bertz CT molecular complexity index is 1530. The van der Waals surface area contributed by atoms with E-state index in [-0.39, 0.29) is 5.28 Å². The van der Waals surface area contributed by atoms with E-state index in [2.05, 4.69) is 52.4 Å². The molecule has 6 rings (SSSR count). The number of para-hydroxylation sites is 1. The zero-order valence-corrected chi connectivity index (χ0v) is 15.4. The van der Waals surface area contributed by atoms with Crippen molar-refractivity contribution in [2.45, 2.75) is 0 Å². The predicted molar refractivity (Wildman–Crippen MR) is 115 cm³/mol. The second kappa shape index (κ2) is 5.78. The molecule has 0 amide bonds. The lowest BCUT2D eigenvalue weighted by Crippen LogP contribution is -1.90. The molecular weight excluding hydrogens is 368 g/mol. The van der Waals surface area contributed by atoms with Crippen LogP contribution in [0, 0.1) is 0 Å². The van der Waals surface area contributed by atoms with Gasteiger partial charge in [0.15, 0.2) is 0 Å². The molecule has 0 atom stereocenters. The first kappa shape index (κ1) is 15.6. The largest absolute Gasteiger partial charge is 0.456 e. The van der Waals surface area contributed by atoms with Crippen LogP contribution in [0.25, 0.3) is 54.9 Å².